The van der Waals surface area contributed by atoms with Crippen LogP contribution in [0.1, 0.15) is 11.3 Å². The average Bonchev–Trinajstić information content (AvgIpc) is 2.40. The van der Waals surface area contributed by atoms with Crippen LogP contribution in [0.25, 0.3) is 0 Å². The van der Waals surface area contributed by atoms with Crippen LogP contribution in [0.4, 0.5) is 8.78 Å². The molecule has 5 heteroatoms. The van der Waals surface area contributed by atoms with E-state index in [0.29, 0.717) is 17.9 Å². The first-order valence-electron chi connectivity index (χ1n) is 5.85. The maximum Gasteiger partial charge on any atom is 0.138 e. The van der Waals surface area contributed by atoms with Crippen LogP contribution < -0.4 is 10.1 Å². The number of hydrogen-bond donors (Lipinski definition) is 1. The Kier molecular flexibility index (Phi) is 4.41. The van der Waals surface area contributed by atoms with Crippen LogP contribution in [0.5, 0.6) is 5.75 Å². The molecule has 1 aromatic heterocycles. The molecule has 3 nitrogen and oxygen atoms in total. The fourth-order valence-corrected chi connectivity index (χ4v) is 1.58. The highest BCUT2D eigenvalue weighted by atomic mass is 19.1. The van der Waals surface area contributed by atoms with Gasteiger partial charge in [-0.2, -0.15) is 0 Å². The summed E-state index contributed by atoms with van der Waals surface area (Å²) in [5, 5.41) is 2.99. The van der Waals surface area contributed by atoms with Gasteiger partial charge in [-0.1, -0.05) is 0 Å². The summed E-state index contributed by atoms with van der Waals surface area (Å²) in [6.07, 6.45) is 1.58. The van der Waals surface area contributed by atoms with Crippen LogP contribution in [0.15, 0.2) is 36.5 Å². The van der Waals surface area contributed by atoms with Crippen LogP contribution in [0, 0.1) is 11.6 Å². The van der Waals surface area contributed by atoms with Crippen molar-refractivity contribution in [3.05, 3.63) is 59.4 Å². The van der Waals surface area contributed by atoms with E-state index < -0.39 is 11.6 Å². The molecule has 2 rings (SSSR count). The van der Waals surface area contributed by atoms with Gasteiger partial charge in [-0.05, 0) is 31.3 Å². The standard InChI is InChI=1S/C14H14F2N2O/c1-17-7-12-4-5-13(8-18-12)19-9-10-2-3-11(15)6-14(10)16/h2-6,8,17H,7,9H2,1H3. The minimum atomic E-state index is -0.611. The van der Waals surface area contributed by atoms with E-state index in [9.17, 15) is 8.78 Å². The number of pyridine rings is 1. The van der Waals surface area contributed by atoms with Gasteiger partial charge >= 0.3 is 0 Å². The molecule has 0 atom stereocenters. The summed E-state index contributed by atoms with van der Waals surface area (Å²) in [7, 11) is 1.84. The lowest BCUT2D eigenvalue weighted by Gasteiger charge is -2.07. The molecule has 1 N–H and O–H groups in total. The normalized spacial score (nSPS) is 10.5. The number of nitrogens with one attached hydrogen (secondary N) is 1. The Morgan fingerprint density at radius 2 is 2.05 bits per heavy atom. The second kappa shape index (κ2) is 6.24. The zero-order chi connectivity index (χ0) is 13.7. The van der Waals surface area contributed by atoms with Crippen molar-refractivity contribution in [3.8, 4) is 5.75 Å². The lowest BCUT2D eigenvalue weighted by molar-refractivity contribution is 0.298. The minimum absolute atomic E-state index is 0.0408. The van der Waals surface area contributed by atoms with E-state index in [1.807, 2.05) is 13.1 Å². The molecule has 2 aromatic rings. The molecule has 0 unspecified atom stereocenters. The molecule has 0 fully saturated rings. The van der Waals surface area contributed by atoms with E-state index >= 15 is 0 Å². The molecule has 0 aliphatic carbocycles. The summed E-state index contributed by atoms with van der Waals surface area (Å²) in [5.74, 6) is -0.664. The van der Waals surface area contributed by atoms with Gasteiger partial charge < -0.3 is 10.1 Å². The summed E-state index contributed by atoms with van der Waals surface area (Å²) in [6, 6.07) is 7.00. The van der Waals surface area contributed by atoms with E-state index in [4.69, 9.17) is 4.74 Å². The molecule has 19 heavy (non-hydrogen) atoms. The van der Waals surface area contributed by atoms with Crippen molar-refractivity contribution in [1.29, 1.82) is 0 Å². The Balaban J connectivity index is 1.98. The first-order chi connectivity index (χ1) is 9.19. The Bertz CT molecular complexity index is 544. The number of nitrogens with zero attached hydrogens (tertiary/aromatic N) is 1. The van der Waals surface area contributed by atoms with E-state index in [2.05, 4.69) is 10.3 Å². The molecule has 0 aliphatic heterocycles. The predicted molar refractivity (Wildman–Crippen MR) is 67.7 cm³/mol. The molecule has 100 valence electrons. The maximum atomic E-state index is 13.4. The molecule has 0 saturated heterocycles. The smallest absolute Gasteiger partial charge is 0.138 e. The Labute approximate surface area is 110 Å². The lowest BCUT2D eigenvalue weighted by Crippen LogP contribution is -2.06. The van der Waals surface area contributed by atoms with Crippen LogP contribution in [0.3, 0.4) is 0 Å². The maximum absolute atomic E-state index is 13.4. The van der Waals surface area contributed by atoms with E-state index in [-0.39, 0.29) is 6.61 Å². The molecule has 0 spiro atoms. The predicted octanol–water partition coefficient (Wildman–Crippen LogP) is 2.66. The van der Waals surface area contributed by atoms with Crippen molar-refractivity contribution in [1.82, 2.24) is 10.3 Å². The van der Waals surface area contributed by atoms with Crippen LogP contribution in [-0.2, 0) is 13.2 Å². The van der Waals surface area contributed by atoms with Crippen LogP contribution in [0.2, 0.25) is 0 Å². The van der Waals surface area contributed by atoms with Crippen molar-refractivity contribution >= 4 is 0 Å². The number of halogens is 2. The highest BCUT2D eigenvalue weighted by Gasteiger charge is 2.05. The topological polar surface area (TPSA) is 34.1 Å². The van der Waals surface area contributed by atoms with Crippen molar-refractivity contribution < 1.29 is 13.5 Å². The van der Waals surface area contributed by atoms with Crippen molar-refractivity contribution in [3.63, 3.8) is 0 Å². The highest BCUT2D eigenvalue weighted by Crippen LogP contribution is 2.14. The fraction of sp³-hybridized carbons (Fsp3) is 0.214. The molecule has 0 bridgehead atoms. The summed E-state index contributed by atoms with van der Waals surface area (Å²) in [4.78, 5) is 4.18. The summed E-state index contributed by atoms with van der Waals surface area (Å²) >= 11 is 0. The molecular formula is C14H14F2N2O. The number of aromatic nitrogens is 1. The van der Waals surface area contributed by atoms with E-state index in [1.165, 1.54) is 12.1 Å². The first-order valence-corrected chi connectivity index (χ1v) is 5.85. The van der Waals surface area contributed by atoms with Gasteiger partial charge in [-0.15, -0.1) is 0 Å². The quantitative estimate of drug-likeness (QED) is 0.901. The van der Waals surface area contributed by atoms with Crippen molar-refractivity contribution in [2.75, 3.05) is 7.05 Å². The zero-order valence-electron chi connectivity index (χ0n) is 10.5. The number of benzene rings is 1. The highest BCUT2D eigenvalue weighted by molar-refractivity contribution is 5.22. The Morgan fingerprint density at radius 1 is 1.21 bits per heavy atom. The molecule has 0 aliphatic rings. The fourth-order valence-electron chi connectivity index (χ4n) is 1.58. The second-order valence-electron chi connectivity index (χ2n) is 4.04. The van der Waals surface area contributed by atoms with Gasteiger partial charge in [0.15, 0.2) is 0 Å². The van der Waals surface area contributed by atoms with Crippen molar-refractivity contribution in [2.45, 2.75) is 13.2 Å². The SMILES string of the molecule is CNCc1ccc(OCc2ccc(F)cc2F)cn1. The van der Waals surface area contributed by atoms with E-state index in [0.717, 1.165) is 11.8 Å². The van der Waals surface area contributed by atoms with Gasteiger partial charge in [0.25, 0.3) is 0 Å². The first kappa shape index (κ1) is 13.4. The van der Waals surface area contributed by atoms with Gasteiger partial charge in [-0.3, -0.25) is 4.98 Å². The molecule has 1 heterocycles. The monoisotopic (exact) mass is 264 g/mol. The van der Waals surface area contributed by atoms with Crippen molar-refractivity contribution in [2.24, 2.45) is 0 Å². The molecule has 0 radical (unpaired) electrons. The summed E-state index contributed by atoms with van der Waals surface area (Å²) < 4.78 is 31.5. The van der Waals surface area contributed by atoms with Gasteiger partial charge in [0, 0.05) is 18.2 Å². The van der Waals surface area contributed by atoms with Gasteiger partial charge in [-0.25, -0.2) is 8.78 Å². The minimum Gasteiger partial charge on any atom is -0.487 e. The zero-order valence-corrected chi connectivity index (χ0v) is 10.5. The number of rotatable bonds is 5. The molecule has 0 amide bonds. The average molecular weight is 264 g/mol. The lowest BCUT2D eigenvalue weighted by atomic mass is 10.2. The van der Waals surface area contributed by atoms with Crippen LogP contribution >= 0.6 is 0 Å². The number of hydrogen-bond acceptors (Lipinski definition) is 3. The van der Waals surface area contributed by atoms with Crippen LogP contribution in [-0.4, -0.2) is 12.0 Å². The Hall–Kier alpha value is -2.01. The van der Waals surface area contributed by atoms with Gasteiger partial charge in [0.05, 0.1) is 11.9 Å². The third-order valence-corrected chi connectivity index (χ3v) is 2.56. The van der Waals surface area contributed by atoms with E-state index in [1.54, 1.807) is 12.3 Å². The summed E-state index contributed by atoms with van der Waals surface area (Å²) in [6.45, 7) is 0.714. The van der Waals surface area contributed by atoms with Gasteiger partial charge in [0.2, 0.25) is 0 Å². The second-order valence-corrected chi connectivity index (χ2v) is 4.04. The largest absolute Gasteiger partial charge is 0.487 e. The third-order valence-electron chi connectivity index (χ3n) is 2.56. The Morgan fingerprint density at radius 3 is 2.68 bits per heavy atom. The molecular weight excluding hydrogens is 250 g/mol. The summed E-state index contributed by atoms with van der Waals surface area (Å²) in [5.41, 5.74) is 1.20. The third kappa shape index (κ3) is 3.72. The van der Waals surface area contributed by atoms with Gasteiger partial charge in [0.1, 0.15) is 24.0 Å². The number of ether oxygens (including phenoxy) is 1. The molecule has 0 saturated carbocycles. The molecule has 1 aromatic carbocycles.